The number of aryl methyl sites for hydroxylation is 1. The van der Waals surface area contributed by atoms with Crippen molar-refractivity contribution in [1.82, 2.24) is 4.90 Å². The third-order valence-electron chi connectivity index (χ3n) is 4.46. The van der Waals surface area contributed by atoms with Crippen LogP contribution in [0.15, 0.2) is 54.6 Å². The number of hydrogen-bond acceptors (Lipinski definition) is 2. The van der Waals surface area contributed by atoms with Crippen LogP contribution in [0.4, 0.5) is 10.1 Å². The Bertz CT molecular complexity index is 657. The SMILES string of the molecule is O=C(CCc1ccccc1)N1CCC[C@@H](Nc2ccc(F)cc2)C1. The van der Waals surface area contributed by atoms with Crippen LogP contribution in [0.1, 0.15) is 24.8 Å². The maximum absolute atomic E-state index is 13.0. The Balaban J connectivity index is 1.51. The fourth-order valence-electron chi connectivity index (χ4n) is 3.16. The van der Waals surface area contributed by atoms with Crippen molar-refractivity contribution >= 4 is 11.6 Å². The lowest BCUT2D eigenvalue weighted by Gasteiger charge is -2.34. The third-order valence-corrected chi connectivity index (χ3v) is 4.46. The molecule has 2 aromatic rings. The van der Waals surface area contributed by atoms with Crippen molar-refractivity contribution in [3.05, 3.63) is 66.0 Å². The van der Waals surface area contributed by atoms with Gasteiger partial charge in [-0.25, -0.2) is 4.39 Å². The molecule has 3 nitrogen and oxygen atoms in total. The van der Waals surface area contributed by atoms with E-state index in [1.54, 1.807) is 12.1 Å². The summed E-state index contributed by atoms with van der Waals surface area (Å²) in [5.74, 6) is -0.0219. The Morgan fingerprint density at radius 1 is 1.12 bits per heavy atom. The number of rotatable bonds is 5. The number of amides is 1. The summed E-state index contributed by atoms with van der Waals surface area (Å²) in [5.41, 5.74) is 2.10. The molecule has 126 valence electrons. The molecule has 4 heteroatoms. The Kier molecular flexibility index (Phi) is 5.47. The van der Waals surface area contributed by atoms with Gasteiger partial charge in [0, 0.05) is 31.2 Å². The van der Waals surface area contributed by atoms with E-state index in [0.29, 0.717) is 13.0 Å². The minimum atomic E-state index is -0.234. The highest BCUT2D eigenvalue weighted by Gasteiger charge is 2.23. The number of carbonyl (C=O) groups excluding carboxylic acids is 1. The van der Waals surface area contributed by atoms with E-state index in [4.69, 9.17) is 0 Å². The van der Waals surface area contributed by atoms with Crippen LogP contribution in [-0.2, 0) is 11.2 Å². The average molecular weight is 326 g/mol. The highest BCUT2D eigenvalue weighted by atomic mass is 19.1. The van der Waals surface area contributed by atoms with Crippen molar-refractivity contribution in [2.24, 2.45) is 0 Å². The van der Waals surface area contributed by atoms with Crippen LogP contribution in [0.2, 0.25) is 0 Å². The predicted octanol–water partition coefficient (Wildman–Crippen LogP) is 3.86. The largest absolute Gasteiger partial charge is 0.381 e. The molecular formula is C20H23FN2O. The van der Waals surface area contributed by atoms with Crippen LogP contribution >= 0.6 is 0 Å². The maximum atomic E-state index is 13.0. The molecule has 1 saturated heterocycles. The molecule has 1 atom stereocenters. The molecule has 0 aromatic heterocycles. The zero-order chi connectivity index (χ0) is 16.8. The number of hydrogen-bond donors (Lipinski definition) is 1. The minimum Gasteiger partial charge on any atom is -0.381 e. The van der Waals surface area contributed by atoms with Gasteiger partial charge in [-0.3, -0.25) is 4.79 Å². The van der Waals surface area contributed by atoms with Gasteiger partial charge in [0.05, 0.1) is 0 Å². The molecular weight excluding hydrogens is 303 g/mol. The number of nitrogens with zero attached hydrogens (tertiary/aromatic N) is 1. The van der Waals surface area contributed by atoms with E-state index in [-0.39, 0.29) is 17.8 Å². The van der Waals surface area contributed by atoms with Gasteiger partial charge in [0.1, 0.15) is 5.82 Å². The Hall–Kier alpha value is -2.36. The molecule has 0 spiro atoms. The van der Waals surface area contributed by atoms with E-state index in [2.05, 4.69) is 17.4 Å². The molecule has 0 unspecified atom stereocenters. The van der Waals surface area contributed by atoms with Gasteiger partial charge in [-0.2, -0.15) is 0 Å². The van der Waals surface area contributed by atoms with Gasteiger partial charge in [0.2, 0.25) is 5.91 Å². The van der Waals surface area contributed by atoms with Crippen molar-refractivity contribution in [2.75, 3.05) is 18.4 Å². The number of nitrogens with one attached hydrogen (secondary N) is 1. The summed E-state index contributed by atoms with van der Waals surface area (Å²) < 4.78 is 13.0. The highest BCUT2D eigenvalue weighted by molar-refractivity contribution is 5.76. The third kappa shape index (κ3) is 4.57. The molecule has 1 N–H and O–H groups in total. The van der Waals surface area contributed by atoms with Crippen LogP contribution < -0.4 is 5.32 Å². The summed E-state index contributed by atoms with van der Waals surface area (Å²) in [4.78, 5) is 14.4. The molecule has 1 heterocycles. The molecule has 24 heavy (non-hydrogen) atoms. The first-order valence-electron chi connectivity index (χ1n) is 8.54. The fraction of sp³-hybridized carbons (Fsp3) is 0.350. The second kappa shape index (κ2) is 7.95. The predicted molar refractivity (Wildman–Crippen MR) is 94.4 cm³/mol. The number of carbonyl (C=O) groups is 1. The van der Waals surface area contributed by atoms with E-state index in [9.17, 15) is 9.18 Å². The van der Waals surface area contributed by atoms with Crippen LogP contribution in [-0.4, -0.2) is 29.9 Å². The first-order valence-corrected chi connectivity index (χ1v) is 8.54. The van der Waals surface area contributed by atoms with E-state index in [1.807, 2.05) is 23.1 Å². The van der Waals surface area contributed by atoms with E-state index < -0.39 is 0 Å². The molecule has 0 aliphatic carbocycles. The second-order valence-corrected chi connectivity index (χ2v) is 6.32. The highest BCUT2D eigenvalue weighted by Crippen LogP contribution is 2.17. The quantitative estimate of drug-likeness (QED) is 0.905. The molecule has 0 radical (unpaired) electrons. The first-order chi connectivity index (χ1) is 11.7. The van der Waals surface area contributed by atoms with Crippen LogP contribution in [0.5, 0.6) is 0 Å². The summed E-state index contributed by atoms with van der Waals surface area (Å²) >= 11 is 0. The summed E-state index contributed by atoms with van der Waals surface area (Å²) in [7, 11) is 0. The number of benzene rings is 2. The van der Waals surface area contributed by atoms with Gasteiger partial charge in [-0.05, 0) is 49.1 Å². The summed E-state index contributed by atoms with van der Waals surface area (Å²) in [5, 5.41) is 3.41. The van der Waals surface area contributed by atoms with Gasteiger partial charge in [0.15, 0.2) is 0 Å². The second-order valence-electron chi connectivity index (χ2n) is 6.32. The maximum Gasteiger partial charge on any atom is 0.222 e. The van der Waals surface area contributed by atoms with Crippen LogP contribution in [0.25, 0.3) is 0 Å². The lowest BCUT2D eigenvalue weighted by Crippen LogP contribution is -2.45. The standard InChI is InChI=1S/C20H23FN2O/c21-17-9-11-18(12-10-17)22-19-7-4-14-23(15-19)20(24)13-8-16-5-2-1-3-6-16/h1-3,5-6,9-12,19,22H,4,7-8,13-15H2/t19-/m1/s1. The lowest BCUT2D eigenvalue weighted by atomic mass is 10.0. The van der Waals surface area contributed by atoms with Gasteiger partial charge in [0.25, 0.3) is 0 Å². The lowest BCUT2D eigenvalue weighted by molar-refractivity contribution is -0.132. The topological polar surface area (TPSA) is 32.3 Å². The zero-order valence-electron chi connectivity index (χ0n) is 13.7. The van der Waals surface area contributed by atoms with E-state index in [1.165, 1.54) is 17.7 Å². The molecule has 0 saturated carbocycles. The fourth-order valence-corrected chi connectivity index (χ4v) is 3.16. The Morgan fingerprint density at radius 2 is 1.88 bits per heavy atom. The van der Waals surface area contributed by atoms with Crippen molar-refractivity contribution in [3.63, 3.8) is 0 Å². The number of likely N-dealkylation sites (tertiary alicyclic amines) is 1. The molecule has 1 aliphatic heterocycles. The Morgan fingerprint density at radius 3 is 2.62 bits per heavy atom. The van der Waals surface area contributed by atoms with Crippen molar-refractivity contribution in [3.8, 4) is 0 Å². The number of piperidine rings is 1. The van der Waals surface area contributed by atoms with Crippen LogP contribution in [0.3, 0.4) is 0 Å². The average Bonchev–Trinajstić information content (AvgIpc) is 2.63. The Labute approximate surface area is 142 Å². The normalized spacial score (nSPS) is 17.5. The van der Waals surface area contributed by atoms with Crippen molar-refractivity contribution in [1.29, 1.82) is 0 Å². The zero-order valence-corrected chi connectivity index (χ0v) is 13.7. The van der Waals surface area contributed by atoms with Crippen molar-refractivity contribution in [2.45, 2.75) is 31.7 Å². The molecule has 3 rings (SSSR count). The smallest absolute Gasteiger partial charge is 0.222 e. The molecule has 2 aromatic carbocycles. The minimum absolute atomic E-state index is 0.212. The molecule has 1 amide bonds. The number of halogens is 1. The summed E-state index contributed by atoms with van der Waals surface area (Å²) in [6.45, 7) is 1.54. The number of anilines is 1. The monoisotopic (exact) mass is 326 g/mol. The van der Waals surface area contributed by atoms with E-state index >= 15 is 0 Å². The van der Waals surface area contributed by atoms with Gasteiger partial charge in [-0.1, -0.05) is 30.3 Å². The van der Waals surface area contributed by atoms with Crippen LogP contribution in [0, 0.1) is 5.82 Å². The molecule has 0 bridgehead atoms. The van der Waals surface area contributed by atoms with Gasteiger partial charge in [-0.15, -0.1) is 0 Å². The molecule has 1 fully saturated rings. The van der Waals surface area contributed by atoms with E-state index in [0.717, 1.165) is 31.5 Å². The van der Waals surface area contributed by atoms with Crippen molar-refractivity contribution < 1.29 is 9.18 Å². The molecule has 1 aliphatic rings. The first kappa shape index (κ1) is 16.5. The summed E-state index contributed by atoms with van der Waals surface area (Å²) in [6.07, 6.45) is 3.36. The van der Waals surface area contributed by atoms with Gasteiger partial charge < -0.3 is 10.2 Å². The summed E-state index contributed by atoms with van der Waals surface area (Å²) in [6, 6.07) is 16.7. The van der Waals surface area contributed by atoms with Gasteiger partial charge >= 0.3 is 0 Å².